The predicted octanol–water partition coefficient (Wildman–Crippen LogP) is 3.07. The highest BCUT2D eigenvalue weighted by molar-refractivity contribution is 5.35. The Balaban J connectivity index is 2.55. The largest absolute Gasteiger partial charge is 0.306 e. The number of aromatic nitrogens is 2. The van der Waals surface area contributed by atoms with Crippen LogP contribution in [0.4, 0.5) is 8.78 Å². The average molecular weight is 277 g/mol. The first kappa shape index (κ1) is 14.5. The lowest BCUT2D eigenvalue weighted by Crippen LogP contribution is -2.24. The summed E-state index contributed by atoms with van der Waals surface area (Å²) in [6.07, 6.45) is 0. The molecule has 5 heteroatoms. The molecule has 2 aromatic rings. The van der Waals surface area contributed by atoms with Crippen molar-refractivity contribution in [3.8, 4) is 0 Å². The number of hydrogen-bond donors (Lipinski definition) is 1. The van der Waals surface area contributed by atoms with Crippen molar-refractivity contribution >= 4 is 0 Å². The Morgan fingerprint density at radius 1 is 1.10 bits per heavy atom. The lowest BCUT2D eigenvalue weighted by atomic mass is 9.97. The van der Waals surface area contributed by atoms with Crippen LogP contribution in [-0.4, -0.2) is 16.7 Å². The van der Waals surface area contributed by atoms with Crippen LogP contribution in [-0.2, 0) is 0 Å². The molecule has 3 nitrogen and oxygen atoms in total. The Labute approximate surface area is 117 Å². The molecule has 0 amide bonds. The van der Waals surface area contributed by atoms with E-state index in [-0.39, 0.29) is 5.56 Å². The number of aryl methyl sites for hydroxylation is 2. The summed E-state index contributed by atoms with van der Waals surface area (Å²) in [4.78, 5) is 0. The topological polar surface area (TPSA) is 37.8 Å². The van der Waals surface area contributed by atoms with Gasteiger partial charge < -0.3 is 5.32 Å². The average Bonchev–Trinajstić information content (AvgIpc) is 2.42. The van der Waals surface area contributed by atoms with Gasteiger partial charge in [0.25, 0.3) is 0 Å². The molecule has 20 heavy (non-hydrogen) atoms. The van der Waals surface area contributed by atoms with E-state index in [2.05, 4.69) is 15.5 Å². The van der Waals surface area contributed by atoms with Gasteiger partial charge in [-0.2, -0.15) is 10.2 Å². The van der Waals surface area contributed by atoms with Crippen LogP contribution in [0, 0.1) is 25.5 Å². The van der Waals surface area contributed by atoms with E-state index in [1.165, 1.54) is 6.07 Å². The van der Waals surface area contributed by atoms with Crippen LogP contribution >= 0.6 is 0 Å². The van der Waals surface area contributed by atoms with Crippen LogP contribution in [0.3, 0.4) is 0 Å². The van der Waals surface area contributed by atoms with Crippen molar-refractivity contribution in [1.82, 2.24) is 15.5 Å². The van der Waals surface area contributed by atoms with Crippen LogP contribution in [0.25, 0.3) is 0 Å². The van der Waals surface area contributed by atoms with Gasteiger partial charge in [0.1, 0.15) is 11.6 Å². The number of nitrogens with zero attached hydrogens (tertiary/aromatic N) is 2. The Morgan fingerprint density at radius 3 is 2.55 bits per heavy atom. The van der Waals surface area contributed by atoms with E-state index in [0.29, 0.717) is 12.2 Å². The Kier molecular flexibility index (Phi) is 4.39. The van der Waals surface area contributed by atoms with Crippen molar-refractivity contribution in [3.05, 3.63) is 58.4 Å². The predicted molar refractivity (Wildman–Crippen MR) is 73.4 cm³/mol. The van der Waals surface area contributed by atoms with Crippen molar-refractivity contribution in [1.29, 1.82) is 0 Å². The van der Waals surface area contributed by atoms with E-state index in [4.69, 9.17) is 0 Å². The van der Waals surface area contributed by atoms with E-state index >= 15 is 0 Å². The monoisotopic (exact) mass is 277 g/mol. The van der Waals surface area contributed by atoms with E-state index < -0.39 is 17.7 Å². The fourth-order valence-electron chi connectivity index (χ4n) is 2.19. The van der Waals surface area contributed by atoms with E-state index in [0.717, 1.165) is 23.4 Å². The molecule has 0 bridgehead atoms. The summed E-state index contributed by atoms with van der Waals surface area (Å²) in [5.41, 5.74) is 2.53. The molecule has 1 aromatic carbocycles. The molecule has 1 unspecified atom stereocenters. The molecule has 0 saturated carbocycles. The van der Waals surface area contributed by atoms with Crippen LogP contribution in [0.5, 0.6) is 0 Å². The number of rotatable bonds is 4. The molecule has 0 spiro atoms. The Morgan fingerprint density at radius 2 is 1.85 bits per heavy atom. The molecular formula is C15H17F2N3. The molecule has 0 radical (unpaired) electrons. The normalized spacial score (nSPS) is 12.4. The summed E-state index contributed by atoms with van der Waals surface area (Å²) in [6.45, 7) is 6.17. The molecule has 0 aliphatic heterocycles. The van der Waals surface area contributed by atoms with Crippen LogP contribution in [0.1, 0.15) is 35.5 Å². The second-order valence-electron chi connectivity index (χ2n) is 4.68. The highest BCUT2D eigenvalue weighted by Gasteiger charge is 2.20. The van der Waals surface area contributed by atoms with Gasteiger partial charge in [-0.05, 0) is 50.2 Å². The molecule has 0 aliphatic carbocycles. The van der Waals surface area contributed by atoms with Gasteiger partial charge in [0.05, 0.1) is 17.4 Å². The lowest BCUT2D eigenvalue weighted by molar-refractivity contribution is 0.541. The maximum Gasteiger partial charge on any atom is 0.128 e. The maximum atomic E-state index is 14.0. The second kappa shape index (κ2) is 6.05. The van der Waals surface area contributed by atoms with Crippen molar-refractivity contribution in [2.75, 3.05) is 6.54 Å². The van der Waals surface area contributed by atoms with Crippen molar-refractivity contribution in [2.45, 2.75) is 26.8 Å². The van der Waals surface area contributed by atoms with Crippen LogP contribution in [0.2, 0.25) is 0 Å². The zero-order valence-electron chi connectivity index (χ0n) is 11.7. The highest BCUT2D eigenvalue weighted by Crippen LogP contribution is 2.27. The minimum atomic E-state index is -0.458. The smallest absolute Gasteiger partial charge is 0.128 e. The SMILES string of the molecule is CCNC(c1cc(F)ccc1F)c1cc(C)nnc1C. The number of nitrogens with one attached hydrogen (secondary N) is 1. The first-order valence-electron chi connectivity index (χ1n) is 6.52. The minimum Gasteiger partial charge on any atom is -0.306 e. The molecule has 0 aliphatic rings. The van der Waals surface area contributed by atoms with Gasteiger partial charge in [-0.25, -0.2) is 8.78 Å². The van der Waals surface area contributed by atoms with Crippen molar-refractivity contribution < 1.29 is 8.78 Å². The fourth-order valence-corrected chi connectivity index (χ4v) is 2.19. The number of benzene rings is 1. The summed E-state index contributed by atoms with van der Waals surface area (Å²) in [7, 11) is 0. The zero-order chi connectivity index (χ0) is 14.7. The van der Waals surface area contributed by atoms with E-state index in [1.807, 2.05) is 26.8 Å². The lowest BCUT2D eigenvalue weighted by Gasteiger charge is -2.21. The van der Waals surface area contributed by atoms with E-state index in [1.54, 1.807) is 0 Å². The van der Waals surface area contributed by atoms with Gasteiger partial charge in [0.15, 0.2) is 0 Å². The van der Waals surface area contributed by atoms with Gasteiger partial charge >= 0.3 is 0 Å². The first-order chi connectivity index (χ1) is 9.52. The molecule has 1 aromatic heterocycles. The molecule has 106 valence electrons. The molecule has 0 fully saturated rings. The van der Waals surface area contributed by atoms with Crippen molar-refractivity contribution in [2.24, 2.45) is 0 Å². The minimum absolute atomic E-state index is 0.280. The third-order valence-corrected chi connectivity index (χ3v) is 3.13. The van der Waals surface area contributed by atoms with Gasteiger partial charge in [-0.15, -0.1) is 0 Å². The van der Waals surface area contributed by atoms with Gasteiger partial charge in [-0.1, -0.05) is 6.92 Å². The van der Waals surface area contributed by atoms with Gasteiger partial charge in [-0.3, -0.25) is 0 Å². The Bertz CT molecular complexity index is 563. The maximum absolute atomic E-state index is 14.0. The van der Waals surface area contributed by atoms with Crippen LogP contribution < -0.4 is 5.32 Å². The fraction of sp³-hybridized carbons (Fsp3) is 0.333. The van der Waals surface area contributed by atoms with Gasteiger partial charge in [0, 0.05) is 5.56 Å². The number of hydrogen-bond acceptors (Lipinski definition) is 3. The van der Waals surface area contributed by atoms with Crippen LogP contribution in [0.15, 0.2) is 24.3 Å². The molecule has 1 N–H and O–H groups in total. The zero-order valence-corrected chi connectivity index (χ0v) is 11.7. The second-order valence-corrected chi connectivity index (χ2v) is 4.68. The molecule has 1 heterocycles. The Hall–Kier alpha value is -1.88. The first-order valence-corrected chi connectivity index (χ1v) is 6.52. The molecule has 2 rings (SSSR count). The summed E-state index contributed by atoms with van der Waals surface area (Å²) >= 11 is 0. The van der Waals surface area contributed by atoms with E-state index in [9.17, 15) is 8.78 Å². The third-order valence-electron chi connectivity index (χ3n) is 3.13. The quantitative estimate of drug-likeness (QED) is 0.933. The highest BCUT2D eigenvalue weighted by atomic mass is 19.1. The standard InChI is InChI=1S/C15H17F2N3/c1-4-18-15(12-7-9(2)19-20-10(12)3)13-8-11(16)5-6-14(13)17/h5-8,15,18H,4H2,1-3H3. The molecule has 1 atom stereocenters. The molecular weight excluding hydrogens is 260 g/mol. The summed E-state index contributed by atoms with van der Waals surface area (Å²) in [5, 5.41) is 11.2. The summed E-state index contributed by atoms with van der Waals surface area (Å²) in [6, 6.07) is 4.89. The van der Waals surface area contributed by atoms with Gasteiger partial charge in [0.2, 0.25) is 0 Å². The summed E-state index contributed by atoms with van der Waals surface area (Å²) < 4.78 is 27.4. The third kappa shape index (κ3) is 2.99. The van der Waals surface area contributed by atoms with Crippen molar-refractivity contribution in [3.63, 3.8) is 0 Å². The number of halogens is 2. The molecule has 0 saturated heterocycles. The summed E-state index contributed by atoms with van der Waals surface area (Å²) in [5.74, 6) is -0.896.